The van der Waals surface area contributed by atoms with E-state index in [1.165, 1.54) is 64.4 Å². The number of fused-ring (bicyclic) bond motifs is 2. The molecule has 0 bridgehead atoms. The summed E-state index contributed by atoms with van der Waals surface area (Å²) in [6.45, 7) is 6.77. The molecular weight excluding hydrogens is 380 g/mol. The van der Waals surface area contributed by atoms with Crippen LogP contribution in [0, 0.1) is 6.92 Å². The average Bonchev–Trinajstić information content (AvgIpc) is 3.52. The highest BCUT2D eigenvalue weighted by atomic mass is 16.3. The van der Waals surface area contributed by atoms with E-state index < -0.39 is 0 Å². The second kappa shape index (κ2) is 7.56. The minimum absolute atomic E-state index is 0.980. The molecule has 0 aromatic heterocycles. The van der Waals surface area contributed by atoms with Gasteiger partial charge in [-0.05, 0) is 49.1 Å². The summed E-state index contributed by atoms with van der Waals surface area (Å²) in [5.41, 5.74) is 7.32. The molecule has 4 aliphatic rings. The molecular formula is C28H29N2O+. The molecule has 0 amide bonds. The zero-order valence-corrected chi connectivity index (χ0v) is 18.2. The summed E-state index contributed by atoms with van der Waals surface area (Å²) < 4.78 is 9.07. The van der Waals surface area contributed by atoms with Gasteiger partial charge in [-0.25, -0.2) is 4.58 Å². The van der Waals surface area contributed by atoms with Crippen molar-refractivity contribution in [2.75, 3.05) is 31.1 Å². The van der Waals surface area contributed by atoms with Crippen LogP contribution in [0.5, 0.6) is 0 Å². The van der Waals surface area contributed by atoms with Gasteiger partial charge in [-0.3, -0.25) is 0 Å². The Bertz CT molecular complexity index is 1300. The Hall–Kier alpha value is -3.07. The largest absolute Gasteiger partial charge is 0.456 e. The van der Waals surface area contributed by atoms with Crippen molar-refractivity contribution >= 4 is 16.7 Å². The van der Waals surface area contributed by atoms with Crippen molar-refractivity contribution in [1.29, 1.82) is 0 Å². The van der Waals surface area contributed by atoms with Crippen LogP contribution in [-0.2, 0) is 0 Å². The number of aryl methyl sites for hydroxylation is 1. The lowest BCUT2D eigenvalue weighted by Gasteiger charge is -2.20. The zero-order valence-electron chi connectivity index (χ0n) is 18.2. The van der Waals surface area contributed by atoms with Crippen LogP contribution in [0.25, 0.3) is 33.4 Å². The predicted octanol–water partition coefficient (Wildman–Crippen LogP) is 5.68. The van der Waals surface area contributed by atoms with Gasteiger partial charge >= 0.3 is 0 Å². The highest BCUT2D eigenvalue weighted by molar-refractivity contribution is 6.03. The molecule has 3 heterocycles. The van der Waals surface area contributed by atoms with E-state index in [0.29, 0.717) is 0 Å². The molecule has 0 radical (unpaired) electrons. The number of rotatable bonds is 2. The molecule has 0 unspecified atom stereocenters. The summed E-state index contributed by atoms with van der Waals surface area (Å²) in [7, 11) is 0. The second-order valence-electron chi connectivity index (χ2n) is 9.04. The Kier molecular flexibility index (Phi) is 4.56. The SMILES string of the molecule is Cc1ccccc1-c1c2ccc(=[N+]3CCCC3)cc-2oc2cc(N3CCCC3)ccc12. The molecule has 3 aliphatic heterocycles. The molecule has 1 aliphatic carbocycles. The van der Waals surface area contributed by atoms with Crippen LogP contribution in [0.3, 0.4) is 0 Å². The van der Waals surface area contributed by atoms with Gasteiger partial charge in [-0.15, -0.1) is 0 Å². The maximum Gasteiger partial charge on any atom is 0.203 e. The number of nitrogens with zero attached hydrogens (tertiary/aromatic N) is 2. The van der Waals surface area contributed by atoms with Gasteiger partial charge in [-0.1, -0.05) is 24.3 Å². The Labute approximate surface area is 183 Å². The van der Waals surface area contributed by atoms with Crippen LogP contribution in [0.4, 0.5) is 5.69 Å². The van der Waals surface area contributed by atoms with Crippen molar-refractivity contribution in [3.05, 3.63) is 71.6 Å². The molecule has 2 aromatic rings. The van der Waals surface area contributed by atoms with Crippen LogP contribution < -0.4 is 14.8 Å². The molecule has 31 heavy (non-hydrogen) atoms. The highest BCUT2D eigenvalue weighted by Gasteiger charge is 2.22. The summed E-state index contributed by atoms with van der Waals surface area (Å²) in [6, 6.07) is 22.3. The van der Waals surface area contributed by atoms with Gasteiger partial charge in [0.2, 0.25) is 5.36 Å². The summed E-state index contributed by atoms with van der Waals surface area (Å²) in [6.07, 6.45) is 5.11. The molecule has 3 heteroatoms. The maximum absolute atomic E-state index is 6.60. The van der Waals surface area contributed by atoms with Crippen LogP contribution in [0.1, 0.15) is 31.2 Å². The molecule has 2 fully saturated rings. The van der Waals surface area contributed by atoms with Gasteiger partial charge in [0.15, 0.2) is 0 Å². The highest BCUT2D eigenvalue weighted by Crippen LogP contribution is 2.42. The molecule has 2 aromatic carbocycles. The quantitative estimate of drug-likeness (QED) is 0.313. The minimum atomic E-state index is 0.980. The third kappa shape index (κ3) is 3.23. The fourth-order valence-electron chi connectivity index (χ4n) is 5.36. The number of anilines is 1. The average molecular weight is 410 g/mol. The van der Waals surface area contributed by atoms with Crippen LogP contribution >= 0.6 is 0 Å². The lowest BCUT2D eigenvalue weighted by molar-refractivity contribution is 0.614. The predicted molar refractivity (Wildman–Crippen MR) is 129 cm³/mol. The van der Waals surface area contributed by atoms with Gasteiger partial charge in [0.05, 0.1) is 6.07 Å². The standard InChI is InChI=1S/C28H29N2O/c1-20-8-2-3-9-23(20)28-24-12-10-21(29-14-4-5-15-29)18-26(24)31-27-19-22(11-13-25(27)28)30-16-6-7-17-30/h2-3,8-13,18-19H,4-7,14-17H2,1H3/q+1. The fourth-order valence-corrected chi connectivity index (χ4v) is 5.36. The normalized spacial score (nSPS) is 16.7. The lowest BCUT2D eigenvalue weighted by atomic mass is 9.91. The van der Waals surface area contributed by atoms with Crippen molar-refractivity contribution in [1.82, 2.24) is 4.58 Å². The van der Waals surface area contributed by atoms with Crippen molar-refractivity contribution < 1.29 is 4.42 Å². The third-order valence-corrected chi connectivity index (χ3v) is 7.05. The Morgan fingerprint density at radius 2 is 1.61 bits per heavy atom. The van der Waals surface area contributed by atoms with E-state index in [-0.39, 0.29) is 0 Å². The van der Waals surface area contributed by atoms with Gasteiger partial charge in [-0.2, -0.15) is 0 Å². The van der Waals surface area contributed by atoms with Gasteiger partial charge in [0, 0.05) is 60.3 Å². The summed E-state index contributed by atoms with van der Waals surface area (Å²) in [5.74, 6) is 0.980. The topological polar surface area (TPSA) is 19.4 Å². The van der Waals surface area contributed by atoms with Crippen LogP contribution in [-0.4, -0.2) is 26.2 Å². The van der Waals surface area contributed by atoms with Gasteiger partial charge in [0.1, 0.15) is 24.4 Å². The number of hydrogen-bond acceptors (Lipinski definition) is 2. The van der Waals surface area contributed by atoms with Gasteiger partial charge < -0.3 is 9.32 Å². The fraction of sp³-hybridized carbons (Fsp3) is 0.321. The maximum atomic E-state index is 6.60. The Morgan fingerprint density at radius 1 is 0.806 bits per heavy atom. The minimum Gasteiger partial charge on any atom is -0.456 e. The van der Waals surface area contributed by atoms with E-state index in [1.807, 2.05) is 0 Å². The Morgan fingerprint density at radius 3 is 2.42 bits per heavy atom. The smallest absolute Gasteiger partial charge is 0.203 e. The number of hydrogen-bond donors (Lipinski definition) is 0. The first-order valence-corrected chi connectivity index (χ1v) is 11.7. The lowest BCUT2D eigenvalue weighted by Crippen LogP contribution is -2.26. The zero-order chi connectivity index (χ0) is 20.8. The molecule has 0 spiro atoms. The molecule has 2 saturated heterocycles. The van der Waals surface area contributed by atoms with E-state index in [2.05, 4.69) is 77.1 Å². The van der Waals surface area contributed by atoms with Crippen molar-refractivity contribution in [3.63, 3.8) is 0 Å². The molecule has 0 saturated carbocycles. The number of benzene rings is 3. The van der Waals surface area contributed by atoms with Crippen molar-refractivity contribution in [3.8, 4) is 22.5 Å². The molecule has 156 valence electrons. The van der Waals surface area contributed by atoms with E-state index in [4.69, 9.17) is 4.42 Å². The summed E-state index contributed by atoms with van der Waals surface area (Å²) in [5, 5.41) is 2.47. The van der Waals surface area contributed by atoms with Crippen LogP contribution in [0.2, 0.25) is 0 Å². The molecule has 0 N–H and O–H groups in total. The van der Waals surface area contributed by atoms with E-state index >= 15 is 0 Å². The summed E-state index contributed by atoms with van der Waals surface area (Å²) in [4.78, 5) is 2.48. The second-order valence-corrected chi connectivity index (χ2v) is 9.04. The van der Waals surface area contributed by atoms with Crippen molar-refractivity contribution in [2.45, 2.75) is 32.6 Å². The third-order valence-electron chi connectivity index (χ3n) is 7.05. The first-order valence-electron chi connectivity index (χ1n) is 11.7. The van der Waals surface area contributed by atoms with E-state index in [9.17, 15) is 0 Å². The summed E-state index contributed by atoms with van der Waals surface area (Å²) >= 11 is 0. The first kappa shape index (κ1) is 18.7. The van der Waals surface area contributed by atoms with Gasteiger partial charge in [0.25, 0.3) is 0 Å². The Balaban J connectivity index is 1.65. The van der Waals surface area contributed by atoms with Crippen molar-refractivity contribution in [2.24, 2.45) is 0 Å². The van der Waals surface area contributed by atoms with Crippen LogP contribution in [0.15, 0.2) is 65.1 Å². The van der Waals surface area contributed by atoms with E-state index in [1.54, 1.807) is 0 Å². The molecule has 3 nitrogen and oxygen atoms in total. The van der Waals surface area contributed by atoms with E-state index in [0.717, 1.165) is 37.5 Å². The molecule has 6 rings (SSSR count). The molecule has 0 atom stereocenters. The first-order chi connectivity index (χ1) is 15.3. The monoisotopic (exact) mass is 409 g/mol.